The molecule has 1 heterocycles. The Bertz CT molecular complexity index is 386. The van der Waals surface area contributed by atoms with E-state index >= 15 is 0 Å². The Morgan fingerprint density at radius 1 is 1.15 bits per heavy atom. The van der Waals surface area contributed by atoms with Crippen LogP contribution in [0.1, 0.15) is 30.9 Å². The van der Waals surface area contributed by atoms with Gasteiger partial charge in [-0.05, 0) is 50.7 Å². The van der Waals surface area contributed by atoms with Crippen molar-refractivity contribution in [2.45, 2.75) is 32.9 Å². The average molecular weight is 275 g/mol. The fraction of sp³-hybridized carbons (Fsp3) is 0.647. The first kappa shape index (κ1) is 15.5. The molecule has 1 aromatic rings. The minimum absolute atomic E-state index is 0.979. The van der Waals surface area contributed by atoms with Crippen molar-refractivity contribution in [3.8, 4) is 0 Å². The van der Waals surface area contributed by atoms with Crippen LogP contribution in [0, 0.1) is 0 Å². The van der Waals surface area contributed by atoms with Gasteiger partial charge in [0.2, 0.25) is 0 Å². The molecule has 1 N–H and O–H groups in total. The van der Waals surface area contributed by atoms with Crippen LogP contribution in [-0.4, -0.2) is 49.6 Å². The van der Waals surface area contributed by atoms with Gasteiger partial charge in [-0.15, -0.1) is 0 Å². The number of nitrogens with one attached hydrogen (secondary N) is 1. The van der Waals surface area contributed by atoms with E-state index < -0.39 is 0 Å². The van der Waals surface area contributed by atoms with Gasteiger partial charge in [0.25, 0.3) is 0 Å². The van der Waals surface area contributed by atoms with Crippen molar-refractivity contribution in [1.29, 1.82) is 0 Å². The molecule has 112 valence electrons. The molecule has 0 radical (unpaired) electrons. The van der Waals surface area contributed by atoms with Gasteiger partial charge in [-0.1, -0.05) is 31.2 Å². The second kappa shape index (κ2) is 8.40. The molecule has 20 heavy (non-hydrogen) atoms. The monoisotopic (exact) mass is 275 g/mol. The van der Waals surface area contributed by atoms with Crippen molar-refractivity contribution in [3.05, 3.63) is 35.4 Å². The van der Waals surface area contributed by atoms with Gasteiger partial charge in [0.15, 0.2) is 0 Å². The maximum atomic E-state index is 3.43. The molecule has 0 amide bonds. The highest BCUT2D eigenvalue weighted by Crippen LogP contribution is 2.12. The van der Waals surface area contributed by atoms with Gasteiger partial charge in [0.1, 0.15) is 0 Å². The third-order valence-electron chi connectivity index (χ3n) is 4.12. The van der Waals surface area contributed by atoms with Crippen LogP contribution in [0.25, 0.3) is 0 Å². The number of likely N-dealkylation sites (tertiary alicyclic amines) is 1. The lowest BCUT2D eigenvalue weighted by atomic mass is 10.1. The predicted molar refractivity (Wildman–Crippen MR) is 85.8 cm³/mol. The van der Waals surface area contributed by atoms with Gasteiger partial charge in [-0.2, -0.15) is 0 Å². The number of nitrogens with zero attached hydrogens (tertiary/aromatic N) is 2. The van der Waals surface area contributed by atoms with Gasteiger partial charge >= 0.3 is 0 Å². The minimum atomic E-state index is 0.979. The first-order chi connectivity index (χ1) is 9.79. The molecule has 0 atom stereocenters. The first-order valence-corrected chi connectivity index (χ1v) is 7.98. The van der Waals surface area contributed by atoms with Crippen LogP contribution in [0.3, 0.4) is 0 Å². The minimum Gasteiger partial charge on any atom is -0.313 e. The predicted octanol–water partition coefficient (Wildman–Crippen LogP) is 2.32. The summed E-state index contributed by atoms with van der Waals surface area (Å²) < 4.78 is 0. The molecule has 3 nitrogen and oxygen atoms in total. The molecule has 0 unspecified atom stereocenters. The molecule has 0 aromatic heterocycles. The van der Waals surface area contributed by atoms with Gasteiger partial charge in [0, 0.05) is 26.2 Å². The Morgan fingerprint density at radius 3 is 2.55 bits per heavy atom. The second-order valence-electron chi connectivity index (χ2n) is 5.84. The number of hydrogen-bond donors (Lipinski definition) is 1. The smallest absolute Gasteiger partial charge is 0.0234 e. The Balaban J connectivity index is 1.81. The molecule has 0 saturated carbocycles. The van der Waals surface area contributed by atoms with Crippen LogP contribution < -0.4 is 5.32 Å². The lowest BCUT2D eigenvalue weighted by molar-refractivity contribution is 0.252. The van der Waals surface area contributed by atoms with Crippen molar-refractivity contribution in [2.75, 3.05) is 39.8 Å². The quantitative estimate of drug-likeness (QED) is 0.785. The lowest BCUT2D eigenvalue weighted by Gasteiger charge is -2.22. The molecular formula is C17H29N3. The maximum absolute atomic E-state index is 3.43. The number of likely N-dealkylation sites (N-methyl/N-ethyl adjacent to an activating group) is 1. The summed E-state index contributed by atoms with van der Waals surface area (Å²) in [4.78, 5) is 5.03. The Labute approximate surface area is 124 Å². The summed E-state index contributed by atoms with van der Waals surface area (Å²) in [5.41, 5.74) is 2.89. The Kier molecular flexibility index (Phi) is 6.51. The highest BCUT2D eigenvalue weighted by Gasteiger charge is 2.12. The van der Waals surface area contributed by atoms with Crippen LogP contribution in [0.5, 0.6) is 0 Å². The molecule has 0 spiro atoms. The Morgan fingerprint density at radius 2 is 1.85 bits per heavy atom. The highest BCUT2D eigenvalue weighted by molar-refractivity contribution is 5.26. The van der Waals surface area contributed by atoms with Crippen LogP contribution in [0.2, 0.25) is 0 Å². The molecule has 3 heteroatoms. The van der Waals surface area contributed by atoms with Crippen LogP contribution in [-0.2, 0) is 13.1 Å². The third-order valence-corrected chi connectivity index (χ3v) is 4.12. The molecular weight excluding hydrogens is 246 g/mol. The number of rotatable bonds is 8. The molecule has 1 saturated heterocycles. The lowest BCUT2D eigenvalue weighted by Crippen LogP contribution is -2.31. The zero-order valence-corrected chi connectivity index (χ0v) is 13.1. The van der Waals surface area contributed by atoms with Crippen molar-refractivity contribution >= 4 is 0 Å². The van der Waals surface area contributed by atoms with Crippen molar-refractivity contribution in [2.24, 2.45) is 0 Å². The third kappa shape index (κ3) is 4.89. The van der Waals surface area contributed by atoms with E-state index in [1.807, 2.05) is 0 Å². The maximum Gasteiger partial charge on any atom is 0.0234 e. The van der Waals surface area contributed by atoms with Gasteiger partial charge in [-0.25, -0.2) is 0 Å². The fourth-order valence-corrected chi connectivity index (χ4v) is 2.83. The standard InChI is InChI=1S/C17H29N3/c1-3-18-14-16-8-4-5-9-17(16)15-19(2)12-13-20-10-6-7-11-20/h4-5,8-9,18H,3,6-7,10-15H2,1-2H3. The summed E-state index contributed by atoms with van der Waals surface area (Å²) in [7, 11) is 2.24. The topological polar surface area (TPSA) is 18.5 Å². The molecule has 1 aliphatic rings. The summed E-state index contributed by atoms with van der Waals surface area (Å²) in [6, 6.07) is 8.80. The van der Waals surface area contributed by atoms with Crippen LogP contribution in [0.15, 0.2) is 24.3 Å². The van der Waals surface area contributed by atoms with Crippen LogP contribution >= 0.6 is 0 Å². The molecule has 1 fully saturated rings. The van der Waals surface area contributed by atoms with Crippen LogP contribution in [0.4, 0.5) is 0 Å². The number of benzene rings is 1. The van der Waals surface area contributed by atoms with E-state index in [1.54, 1.807) is 0 Å². The van der Waals surface area contributed by atoms with Gasteiger partial charge < -0.3 is 15.1 Å². The second-order valence-corrected chi connectivity index (χ2v) is 5.84. The SMILES string of the molecule is CCNCc1ccccc1CN(C)CCN1CCCC1. The van der Waals surface area contributed by atoms with E-state index in [0.717, 1.165) is 26.2 Å². The van der Waals surface area contributed by atoms with Gasteiger partial charge in [-0.3, -0.25) is 0 Å². The summed E-state index contributed by atoms with van der Waals surface area (Å²) in [6.45, 7) is 10.2. The summed E-state index contributed by atoms with van der Waals surface area (Å²) in [5, 5.41) is 3.43. The number of hydrogen-bond acceptors (Lipinski definition) is 3. The normalized spacial score (nSPS) is 16.1. The zero-order chi connectivity index (χ0) is 14.2. The van der Waals surface area contributed by atoms with Gasteiger partial charge in [0.05, 0.1) is 0 Å². The van der Waals surface area contributed by atoms with Crippen molar-refractivity contribution in [3.63, 3.8) is 0 Å². The van der Waals surface area contributed by atoms with E-state index in [-0.39, 0.29) is 0 Å². The highest BCUT2D eigenvalue weighted by atomic mass is 15.2. The summed E-state index contributed by atoms with van der Waals surface area (Å²) in [6.07, 6.45) is 2.77. The van der Waals surface area contributed by atoms with E-state index in [2.05, 4.69) is 53.4 Å². The van der Waals surface area contributed by atoms with E-state index in [1.165, 1.54) is 43.6 Å². The molecule has 0 bridgehead atoms. The largest absolute Gasteiger partial charge is 0.313 e. The summed E-state index contributed by atoms with van der Waals surface area (Å²) in [5.74, 6) is 0. The Hall–Kier alpha value is -0.900. The first-order valence-electron chi connectivity index (χ1n) is 7.98. The van der Waals surface area contributed by atoms with E-state index in [0.29, 0.717) is 0 Å². The fourth-order valence-electron chi connectivity index (χ4n) is 2.83. The molecule has 1 aromatic carbocycles. The molecule has 2 rings (SSSR count). The van der Waals surface area contributed by atoms with Crippen molar-refractivity contribution < 1.29 is 0 Å². The molecule has 1 aliphatic heterocycles. The average Bonchev–Trinajstić information content (AvgIpc) is 2.97. The van der Waals surface area contributed by atoms with E-state index in [4.69, 9.17) is 0 Å². The van der Waals surface area contributed by atoms with E-state index in [9.17, 15) is 0 Å². The van der Waals surface area contributed by atoms with Crippen molar-refractivity contribution in [1.82, 2.24) is 15.1 Å². The zero-order valence-electron chi connectivity index (χ0n) is 13.1. The molecule has 0 aliphatic carbocycles. The summed E-state index contributed by atoms with van der Waals surface area (Å²) >= 11 is 0.